The lowest BCUT2D eigenvalue weighted by Gasteiger charge is -2.51. The molecule has 7 heteroatoms. The fourth-order valence-electron chi connectivity index (χ4n) is 2.28. The van der Waals surface area contributed by atoms with E-state index >= 15 is 0 Å². The molecule has 4 N–H and O–H groups in total. The number of carboxylic acids is 1. The Balaban J connectivity index is 2.46. The van der Waals surface area contributed by atoms with Crippen LogP contribution in [0.1, 0.15) is 26.7 Å². The van der Waals surface area contributed by atoms with Crippen molar-refractivity contribution in [1.82, 2.24) is 10.6 Å². The third-order valence-electron chi connectivity index (χ3n) is 3.79. The van der Waals surface area contributed by atoms with E-state index in [1.54, 1.807) is 7.11 Å². The lowest BCUT2D eigenvalue weighted by atomic mass is 9.64. The fraction of sp³-hybridized carbons (Fsp3) is 0.833. The van der Waals surface area contributed by atoms with Crippen LogP contribution in [-0.2, 0) is 9.53 Å². The molecular formula is C12H22N2O5. The maximum absolute atomic E-state index is 11.7. The second-order valence-corrected chi connectivity index (χ2v) is 5.35. The molecule has 19 heavy (non-hydrogen) atoms. The number of hydrogen-bond donors (Lipinski definition) is 4. The van der Waals surface area contributed by atoms with Crippen molar-refractivity contribution in [2.75, 3.05) is 13.7 Å². The molecule has 0 spiro atoms. The van der Waals surface area contributed by atoms with Crippen molar-refractivity contribution >= 4 is 12.0 Å². The van der Waals surface area contributed by atoms with Crippen molar-refractivity contribution in [1.29, 1.82) is 0 Å². The minimum atomic E-state index is -1.16. The van der Waals surface area contributed by atoms with Gasteiger partial charge in [-0.3, -0.25) is 0 Å². The standard InChI is InChI=1S/C12H22N2O5/c1-12(2)8(6-9(12)19-3)14-11(18)13-7(4-5-15)10(16)17/h7-9,15H,4-6H2,1-3H3,(H,16,17)(H2,13,14,18)/t7-,8?,9?/m0/s1. The molecule has 2 unspecified atom stereocenters. The van der Waals surface area contributed by atoms with E-state index in [1.807, 2.05) is 13.8 Å². The zero-order valence-corrected chi connectivity index (χ0v) is 11.5. The van der Waals surface area contributed by atoms with Crippen LogP contribution in [0.3, 0.4) is 0 Å². The number of carboxylic acid groups (broad SMARTS) is 1. The quantitative estimate of drug-likeness (QED) is 0.542. The summed E-state index contributed by atoms with van der Waals surface area (Å²) in [6.07, 6.45) is 0.775. The minimum Gasteiger partial charge on any atom is -0.480 e. The van der Waals surface area contributed by atoms with Gasteiger partial charge < -0.3 is 25.6 Å². The van der Waals surface area contributed by atoms with Crippen LogP contribution in [0.4, 0.5) is 4.79 Å². The third kappa shape index (κ3) is 3.57. The Morgan fingerprint density at radius 2 is 2.11 bits per heavy atom. The highest BCUT2D eigenvalue weighted by Crippen LogP contribution is 2.42. The molecule has 0 aromatic heterocycles. The van der Waals surface area contributed by atoms with Crippen LogP contribution < -0.4 is 10.6 Å². The molecule has 0 aromatic carbocycles. The van der Waals surface area contributed by atoms with Gasteiger partial charge in [0.25, 0.3) is 0 Å². The number of amides is 2. The summed E-state index contributed by atoms with van der Waals surface area (Å²) in [5.41, 5.74) is -0.179. The first kappa shape index (κ1) is 15.7. The molecular weight excluding hydrogens is 252 g/mol. The molecule has 1 aliphatic rings. The number of carbonyl (C=O) groups excluding carboxylic acids is 1. The molecule has 0 radical (unpaired) electrons. The number of hydrogen-bond acceptors (Lipinski definition) is 4. The monoisotopic (exact) mass is 274 g/mol. The van der Waals surface area contributed by atoms with Crippen molar-refractivity contribution in [3.8, 4) is 0 Å². The zero-order valence-electron chi connectivity index (χ0n) is 11.5. The molecule has 1 rings (SSSR count). The highest BCUT2D eigenvalue weighted by atomic mass is 16.5. The molecule has 1 saturated carbocycles. The summed E-state index contributed by atoms with van der Waals surface area (Å²) in [6.45, 7) is 3.67. The summed E-state index contributed by atoms with van der Waals surface area (Å²) < 4.78 is 5.27. The van der Waals surface area contributed by atoms with Crippen molar-refractivity contribution in [3.05, 3.63) is 0 Å². The second kappa shape index (κ2) is 6.21. The first-order chi connectivity index (χ1) is 8.82. The van der Waals surface area contributed by atoms with E-state index in [0.29, 0.717) is 6.42 Å². The van der Waals surface area contributed by atoms with Gasteiger partial charge >= 0.3 is 12.0 Å². The Morgan fingerprint density at radius 3 is 2.53 bits per heavy atom. The third-order valence-corrected chi connectivity index (χ3v) is 3.79. The summed E-state index contributed by atoms with van der Waals surface area (Å²) in [5, 5.41) is 22.7. The van der Waals surface area contributed by atoms with Gasteiger partial charge in [0, 0.05) is 31.6 Å². The van der Waals surface area contributed by atoms with Gasteiger partial charge in [-0.25, -0.2) is 9.59 Å². The van der Waals surface area contributed by atoms with Crippen LogP contribution in [0, 0.1) is 5.41 Å². The number of urea groups is 1. The number of aliphatic hydroxyl groups excluding tert-OH is 1. The van der Waals surface area contributed by atoms with Crippen LogP contribution >= 0.6 is 0 Å². The molecule has 110 valence electrons. The van der Waals surface area contributed by atoms with Gasteiger partial charge in [0.2, 0.25) is 0 Å². The smallest absolute Gasteiger partial charge is 0.326 e. The highest BCUT2D eigenvalue weighted by Gasteiger charge is 2.49. The molecule has 0 saturated heterocycles. The average molecular weight is 274 g/mol. The molecule has 0 bridgehead atoms. The first-order valence-electron chi connectivity index (χ1n) is 6.26. The van der Waals surface area contributed by atoms with Crippen LogP contribution in [0.25, 0.3) is 0 Å². The Hall–Kier alpha value is -1.34. The fourth-order valence-corrected chi connectivity index (χ4v) is 2.28. The molecule has 0 aliphatic heterocycles. The maximum atomic E-state index is 11.7. The number of carbonyl (C=O) groups is 2. The Kier molecular flexibility index (Phi) is 5.13. The number of aliphatic hydroxyl groups is 1. The van der Waals surface area contributed by atoms with Crippen molar-refractivity contribution in [2.45, 2.75) is 44.9 Å². The van der Waals surface area contributed by atoms with Gasteiger partial charge in [-0.15, -0.1) is 0 Å². The van der Waals surface area contributed by atoms with Gasteiger partial charge in [0.05, 0.1) is 6.10 Å². The summed E-state index contributed by atoms with van der Waals surface area (Å²) in [7, 11) is 1.63. The lowest BCUT2D eigenvalue weighted by molar-refractivity contribution is -0.139. The normalized spacial score (nSPS) is 26.1. The topological polar surface area (TPSA) is 108 Å². The van der Waals surface area contributed by atoms with Crippen LogP contribution in [0.5, 0.6) is 0 Å². The number of methoxy groups -OCH3 is 1. The predicted octanol–water partition coefficient (Wildman–Crippen LogP) is -0.0653. The van der Waals surface area contributed by atoms with E-state index in [9.17, 15) is 9.59 Å². The molecule has 3 atom stereocenters. The van der Waals surface area contributed by atoms with E-state index in [4.69, 9.17) is 14.9 Å². The van der Waals surface area contributed by atoms with Gasteiger partial charge in [-0.05, 0) is 6.42 Å². The molecule has 7 nitrogen and oxygen atoms in total. The van der Waals surface area contributed by atoms with Crippen molar-refractivity contribution < 1.29 is 24.5 Å². The molecule has 0 heterocycles. The van der Waals surface area contributed by atoms with Crippen LogP contribution in [-0.4, -0.2) is 54.1 Å². The van der Waals surface area contributed by atoms with E-state index in [-0.39, 0.29) is 30.6 Å². The number of aliphatic carboxylic acids is 1. The summed E-state index contributed by atoms with van der Waals surface area (Å²) in [5.74, 6) is -1.16. The van der Waals surface area contributed by atoms with Gasteiger partial charge in [0.1, 0.15) is 6.04 Å². The first-order valence-corrected chi connectivity index (χ1v) is 6.26. The molecule has 1 fully saturated rings. The van der Waals surface area contributed by atoms with E-state index < -0.39 is 18.0 Å². The molecule has 1 aliphatic carbocycles. The number of ether oxygens (including phenoxy) is 1. The van der Waals surface area contributed by atoms with Crippen molar-refractivity contribution in [3.63, 3.8) is 0 Å². The molecule has 0 aromatic rings. The average Bonchev–Trinajstić information content (AvgIpc) is 2.33. The van der Waals surface area contributed by atoms with Crippen LogP contribution in [0.2, 0.25) is 0 Å². The summed E-state index contributed by atoms with van der Waals surface area (Å²) in [4.78, 5) is 22.6. The highest BCUT2D eigenvalue weighted by molar-refractivity contribution is 5.82. The number of nitrogens with one attached hydrogen (secondary N) is 2. The van der Waals surface area contributed by atoms with Gasteiger partial charge in [0.15, 0.2) is 0 Å². The second-order valence-electron chi connectivity index (χ2n) is 5.35. The SMILES string of the molecule is COC1CC(NC(=O)N[C@@H](CCO)C(=O)O)C1(C)C. The lowest BCUT2D eigenvalue weighted by Crippen LogP contribution is -2.63. The Morgan fingerprint density at radius 1 is 1.47 bits per heavy atom. The Labute approximate surface area is 112 Å². The molecule has 2 amide bonds. The van der Waals surface area contributed by atoms with E-state index in [0.717, 1.165) is 0 Å². The maximum Gasteiger partial charge on any atom is 0.326 e. The van der Waals surface area contributed by atoms with Gasteiger partial charge in [-0.2, -0.15) is 0 Å². The van der Waals surface area contributed by atoms with E-state index in [1.165, 1.54) is 0 Å². The Bertz CT molecular complexity index is 345. The predicted molar refractivity (Wildman–Crippen MR) is 67.8 cm³/mol. The minimum absolute atomic E-state index is 0.0164. The summed E-state index contributed by atoms with van der Waals surface area (Å²) in [6, 6.07) is -1.67. The van der Waals surface area contributed by atoms with E-state index in [2.05, 4.69) is 10.6 Å². The zero-order chi connectivity index (χ0) is 14.6. The number of rotatable bonds is 6. The van der Waals surface area contributed by atoms with Gasteiger partial charge in [-0.1, -0.05) is 13.8 Å². The van der Waals surface area contributed by atoms with Crippen LogP contribution in [0.15, 0.2) is 0 Å². The van der Waals surface area contributed by atoms with Crippen molar-refractivity contribution in [2.24, 2.45) is 5.41 Å². The largest absolute Gasteiger partial charge is 0.480 e. The summed E-state index contributed by atoms with van der Waals surface area (Å²) >= 11 is 0.